The fraction of sp³-hybridized carbons (Fsp3) is 0.444. The molecule has 4 fully saturated rings. The van der Waals surface area contributed by atoms with Crippen molar-refractivity contribution in [2.75, 3.05) is 26.3 Å². The van der Waals surface area contributed by atoms with Gasteiger partial charge in [0.15, 0.2) is 0 Å². The molecule has 8 heteroatoms. The fourth-order valence-corrected chi connectivity index (χ4v) is 6.40. The largest absolute Gasteiger partial charge is 0.479 e. The molecule has 2 N–H and O–H groups in total. The SMILES string of the molecule is O=C(NCC1CCOC1C(=O)N1CC2CC1(C(=O)O)C2)OCC1c2ccccc2-c2ccccc21. The van der Waals surface area contributed by atoms with E-state index in [0.717, 1.165) is 11.1 Å². The molecule has 3 heterocycles. The summed E-state index contributed by atoms with van der Waals surface area (Å²) in [7, 11) is 0. The number of carboxylic acids is 1. The molecular formula is C27H28N2O6. The Labute approximate surface area is 203 Å². The summed E-state index contributed by atoms with van der Waals surface area (Å²) in [5, 5.41) is 12.5. The molecule has 5 aliphatic rings. The van der Waals surface area contributed by atoms with Gasteiger partial charge in [0.1, 0.15) is 18.2 Å². The Kier molecular flexibility index (Phi) is 5.29. The summed E-state index contributed by atoms with van der Waals surface area (Å²) >= 11 is 0. The average Bonchev–Trinajstić information content (AvgIpc) is 3.61. The molecule has 3 aliphatic heterocycles. The Bertz CT molecular complexity index is 1140. The molecule has 182 valence electrons. The van der Waals surface area contributed by atoms with E-state index in [2.05, 4.69) is 29.6 Å². The number of rotatable bonds is 6. The minimum absolute atomic E-state index is 0.0221. The molecule has 2 unspecified atom stereocenters. The number of carbonyl (C=O) groups excluding carboxylic acids is 2. The van der Waals surface area contributed by atoms with Crippen LogP contribution in [0.2, 0.25) is 0 Å². The van der Waals surface area contributed by atoms with Crippen molar-refractivity contribution in [3.63, 3.8) is 0 Å². The highest BCUT2D eigenvalue weighted by atomic mass is 16.5. The monoisotopic (exact) mass is 476 g/mol. The smallest absolute Gasteiger partial charge is 0.407 e. The molecule has 2 aromatic rings. The minimum Gasteiger partial charge on any atom is -0.479 e. The summed E-state index contributed by atoms with van der Waals surface area (Å²) in [6, 6.07) is 16.3. The number of carboxylic acid groups (broad SMARTS) is 1. The third-order valence-corrected chi connectivity index (χ3v) is 8.18. The number of hydrogen-bond acceptors (Lipinski definition) is 5. The number of alkyl carbamates (subject to hydrolysis) is 1. The maximum Gasteiger partial charge on any atom is 0.407 e. The van der Waals surface area contributed by atoms with Crippen LogP contribution >= 0.6 is 0 Å². The standard InChI is InChI=1S/C27H28N2O6/c30-24(29-14-16-11-27(29,12-16)25(31)32)23-17(9-10-34-23)13-28-26(33)35-15-22-20-7-3-1-5-18(20)19-6-2-4-8-21(19)22/h1-8,16-17,22-23H,9-15H2,(H,28,33)(H,31,32). The molecular weight excluding hydrogens is 448 g/mol. The summed E-state index contributed by atoms with van der Waals surface area (Å²) in [5.74, 6) is -1.19. The Morgan fingerprint density at radius 1 is 1.06 bits per heavy atom. The molecule has 2 bridgehead atoms. The van der Waals surface area contributed by atoms with E-state index in [1.165, 1.54) is 16.0 Å². The molecule has 0 aromatic heterocycles. The predicted molar refractivity (Wildman–Crippen MR) is 126 cm³/mol. The molecule has 0 radical (unpaired) electrons. The quantitative estimate of drug-likeness (QED) is 0.664. The van der Waals surface area contributed by atoms with Crippen molar-refractivity contribution in [2.24, 2.45) is 11.8 Å². The van der Waals surface area contributed by atoms with E-state index in [4.69, 9.17) is 9.47 Å². The Morgan fingerprint density at radius 3 is 2.37 bits per heavy atom. The van der Waals surface area contributed by atoms with Crippen LogP contribution in [0, 0.1) is 11.8 Å². The number of hydrogen-bond donors (Lipinski definition) is 2. The van der Waals surface area contributed by atoms with Gasteiger partial charge in [-0.25, -0.2) is 9.59 Å². The van der Waals surface area contributed by atoms with Gasteiger partial charge < -0.3 is 24.8 Å². The highest BCUT2D eigenvalue weighted by Crippen LogP contribution is 2.51. The van der Waals surface area contributed by atoms with Crippen LogP contribution in [-0.4, -0.2) is 65.9 Å². The highest BCUT2D eigenvalue weighted by Gasteiger charge is 2.64. The number of aliphatic carboxylic acids is 1. The minimum atomic E-state index is -1.07. The summed E-state index contributed by atoms with van der Waals surface area (Å²) < 4.78 is 11.3. The van der Waals surface area contributed by atoms with Gasteiger partial charge in [0.05, 0.1) is 0 Å². The van der Waals surface area contributed by atoms with Crippen LogP contribution in [0.3, 0.4) is 0 Å². The van der Waals surface area contributed by atoms with Gasteiger partial charge in [-0.2, -0.15) is 0 Å². The second-order valence-electron chi connectivity index (χ2n) is 10.1. The van der Waals surface area contributed by atoms with Crippen LogP contribution in [0.25, 0.3) is 11.1 Å². The number of amides is 2. The Balaban J connectivity index is 1.06. The van der Waals surface area contributed by atoms with Crippen molar-refractivity contribution < 1.29 is 29.0 Å². The molecule has 2 aliphatic carbocycles. The molecule has 0 spiro atoms. The van der Waals surface area contributed by atoms with Crippen molar-refractivity contribution in [3.8, 4) is 11.1 Å². The number of nitrogens with zero attached hydrogens (tertiary/aromatic N) is 1. The van der Waals surface area contributed by atoms with Crippen LogP contribution in [-0.2, 0) is 19.1 Å². The van der Waals surface area contributed by atoms with Crippen LogP contribution in [0.1, 0.15) is 36.3 Å². The summed E-state index contributed by atoms with van der Waals surface area (Å²) in [6.07, 6.45) is 0.388. The molecule has 3 saturated heterocycles. The number of fused-ring (bicyclic) bond motifs is 4. The van der Waals surface area contributed by atoms with Gasteiger partial charge in [0.2, 0.25) is 0 Å². The fourth-order valence-electron chi connectivity index (χ4n) is 6.40. The molecule has 2 atom stereocenters. The van der Waals surface area contributed by atoms with Crippen molar-refractivity contribution in [1.82, 2.24) is 10.2 Å². The van der Waals surface area contributed by atoms with Gasteiger partial charge >= 0.3 is 12.1 Å². The average molecular weight is 477 g/mol. The normalized spacial score (nSPS) is 28.2. The first-order chi connectivity index (χ1) is 17.0. The van der Waals surface area contributed by atoms with E-state index in [9.17, 15) is 19.5 Å². The Morgan fingerprint density at radius 2 is 1.71 bits per heavy atom. The van der Waals surface area contributed by atoms with Gasteiger partial charge in [-0.15, -0.1) is 0 Å². The van der Waals surface area contributed by atoms with Crippen molar-refractivity contribution in [2.45, 2.75) is 36.8 Å². The van der Waals surface area contributed by atoms with Crippen molar-refractivity contribution in [3.05, 3.63) is 59.7 Å². The molecule has 35 heavy (non-hydrogen) atoms. The van der Waals surface area contributed by atoms with Crippen molar-refractivity contribution in [1.29, 1.82) is 0 Å². The number of carbonyl (C=O) groups is 3. The van der Waals surface area contributed by atoms with Crippen LogP contribution in [0.4, 0.5) is 4.79 Å². The van der Waals surface area contributed by atoms with E-state index in [-0.39, 0.29) is 36.8 Å². The van der Waals surface area contributed by atoms with Gasteiger partial charge in [0, 0.05) is 31.5 Å². The second kappa shape index (κ2) is 8.37. The van der Waals surface area contributed by atoms with Crippen LogP contribution in [0.15, 0.2) is 48.5 Å². The van der Waals surface area contributed by atoms with Gasteiger partial charge in [-0.05, 0) is 47.4 Å². The van der Waals surface area contributed by atoms with Gasteiger partial charge in [-0.1, -0.05) is 48.5 Å². The zero-order valence-electron chi connectivity index (χ0n) is 19.3. The second-order valence-corrected chi connectivity index (χ2v) is 10.1. The number of ether oxygens (including phenoxy) is 2. The zero-order chi connectivity index (χ0) is 24.2. The molecule has 2 aromatic carbocycles. The highest BCUT2D eigenvalue weighted by molar-refractivity contribution is 5.91. The molecule has 1 saturated carbocycles. The molecule has 8 nitrogen and oxygen atoms in total. The van der Waals surface area contributed by atoms with E-state index in [1.54, 1.807) is 0 Å². The lowest BCUT2D eigenvalue weighted by Crippen LogP contribution is -2.57. The first-order valence-corrected chi connectivity index (χ1v) is 12.2. The maximum absolute atomic E-state index is 13.2. The first kappa shape index (κ1) is 22.1. The van der Waals surface area contributed by atoms with E-state index < -0.39 is 23.7 Å². The zero-order valence-corrected chi connectivity index (χ0v) is 19.3. The lowest BCUT2D eigenvalue weighted by molar-refractivity contribution is -0.162. The summed E-state index contributed by atoms with van der Waals surface area (Å²) in [4.78, 5) is 39.1. The topological polar surface area (TPSA) is 105 Å². The number of benzene rings is 2. The van der Waals surface area contributed by atoms with Gasteiger partial charge in [0.25, 0.3) is 5.91 Å². The lowest BCUT2D eigenvalue weighted by Gasteiger charge is -2.39. The number of nitrogens with one attached hydrogen (secondary N) is 1. The lowest BCUT2D eigenvalue weighted by atomic mass is 9.73. The van der Waals surface area contributed by atoms with Crippen LogP contribution in [0.5, 0.6) is 0 Å². The third-order valence-electron chi connectivity index (χ3n) is 8.18. The Hall–Kier alpha value is -3.39. The third kappa shape index (κ3) is 3.50. The van der Waals surface area contributed by atoms with Crippen LogP contribution < -0.4 is 5.32 Å². The molecule has 2 amide bonds. The van der Waals surface area contributed by atoms with Gasteiger partial charge in [-0.3, -0.25) is 4.79 Å². The van der Waals surface area contributed by atoms with E-state index in [1.807, 2.05) is 24.3 Å². The molecule has 7 rings (SSSR count). The van der Waals surface area contributed by atoms with E-state index in [0.29, 0.717) is 32.4 Å². The van der Waals surface area contributed by atoms with Crippen molar-refractivity contribution >= 4 is 18.0 Å². The summed E-state index contributed by atoms with van der Waals surface area (Å²) in [6.45, 7) is 1.34. The van der Waals surface area contributed by atoms with E-state index >= 15 is 0 Å². The summed E-state index contributed by atoms with van der Waals surface area (Å²) in [5.41, 5.74) is 3.56. The first-order valence-electron chi connectivity index (χ1n) is 12.2. The predicted octanol–water partition coefficient (Wildman–Crippen LogP) is 3.01. The maximum atomic E-state index is 13.2.